The van der Waals surface area contributed by atoms with E-state index in [0.29, 0.717) is 18.7 Å². The summed E-state index contributed by atoms with van der Waals surface area (Å²) in [6, 6.07) is 12.9. The molecule has 0 aliphatic heterocycles. The Balaban J connectivity index is 1.73. The molecule has 1 atom stereocenters. The highest BCUT2D eigenvalue weighted by Crippen LogP contribution is 2.23. The van der Waals surface area contributed by atoms with Gasteiger partial charge in [0.05, 0.1) is 11.9 Å². The van der Waals surface area contributed by atoms with E-state index in [2.05, 4.69) is 21.2 Å². The molecule has 1 aliphatic rings. The Hall–Kier alpha value is -2.39. The number of halogens is 1. The molecule has 2 aromatic rings. The SMILES string of the molecule is Cc1cc(C)cc(N(CCCC(=O)N(Cc2cccc(Br)c2)C(C)C(=O)NC2CCCC2)S(C)(=O)=O)c1. The zero-order valence-electron chi connectivity index (χ0n) is 22.2. The molecule has 0 bridgehead atoms. The minimum Gasteiger partial charge on any atom is -0.352 e. The smallest absolute Gasteiger partial charge is 0.242 e. The van der Waals surface area contributed by atoms with Crippen LogP contribution in [0.1, 0.15) is 62.1 Å². The fraction of sp³-hybridized carbons (Fsp3) is 0.500. The van der Waals surface area contributed by atoms with Crippen molar-refractivity contribution >= 4 is 43.5 Å². The first-order valence-electron chi connectivity index (χ1n) is 12.8. The largest absolute Gasteiger partial charge is 0.352 e. The van der Waals surface area contributed by atoms with Gasteiger partial charge in [0, 0.05) is 30.0 Å². The summed E-state index contributed by atoms with van der Waals surface area (Å²) in [5.41, 5.74) is 3.46. The highest BCUT2D eigenvalue weighted by molar-refractivity contribution is 9.10. The van der Waals surface area contributed by atoms with Gasteiger partial charge in [0.25, 0.3) is 0 Å². The van der Waals surface area contributed by atoms with Gasteiger partial charge in [0.1, 0.15) is 6.04 Å². The number of amides is 2. The monoisotopic (exact) mass is 591 g/mol. The molecule has 0 aromatic heterocycles. The van der Waals surface area contributed by atoms with E-state index in [1.54, 1.807) is 11.8 Å². The van der Waals surface area contributed by atoms with Crippen LogP contribution in [-0.2, 0) is 26.2 Å². The Kier molecular flexibility index (Phi) is 10.2. The first-order valence-corrected chi connectivity index (χ1v) is 15.5. The number of anilines is 1. The maximum atomic E-state index is 13.5. The second-order valence-electron chi connectivity index (χ2n) is 10.1. The van der Waals surface area contributed by atoms with E-state index in [0.717, 1.165) is 46.8 Å². The molecule has 202 valence electrons. The van der Waals surface area contributed by atoms with Gasteiger partial charge < -0.3 is 10.2 Å². The molecular weight excluding hydrogens is 554 g/mol. The molecule has 1 fully saturated rings. The summed E-state index contributed by atoms with van der Waals surface area (Å²) in [6.45, 7) is 6.10. The van der Waals surface area contributed by atoms with Crippen LogP contribution in [0.5, 0.6) is 0 Å². The van der Waals surface area contributed by atoms with Crippen LogP contribution in [0.25, 0.3) is 0 Å². The van der Waals surface area contributed by atoms with E-state index in [1.807, 2.05) is 56.3 Å². The van der Waals surface area contributed by atoms with Crippen molar-refractivity contribution in [2.45, 2.75) is 77.9 Å². The lowest BCUT2D eigenvalue weighted by Crippen LogP contribution is -2.49. The molecule has 1 saturated carbocycles. The number of carbonyl (C=O) groups excluding carboxylic acids is 2. The number of carbonyl (C=O) groups is 2. The molecule has 0 saturated heterocycles. The molecule has 0 radical (unpaired) electrons. The Morgan fingerprint density at radius 3 is 2.32 bits per heavy atom. The van der Waals surface area contributed by atoms with Crippen molar-refractivity contribution in [2.75, 3.05) is 17.1 Å². The third-order valence-electron chi connectivity index (χ3n) is 6.76. The third-order valence-corrected chi connectivity index (χ3v) is 8.44. The van der Waals surface area contributed by atoms with Gasteiger partial charge in [-0.2, -0.15) is 0 Å². The summed E-state index contributed by atoms with van der Waals surface area (Å²) in [5, 5.41) is 3.11. The summed E-state index contributed by atoms with van der Waals surface area (Å²) in [4.78, 5) is 28.1. The first kappa shape index (κ1) is 29.2. The van der Waals surface area contributed by atoms with Crippen molar-refractivity contribution in [3.05, 3.63) is 63.6 Å². The van der Waals surface area contributed by atoms with Gasteiger partial charge in [-0.1, -0.05) is 47.0 Å². The lowest BCUT2D eigenvalue weighted by Gasteiger charge is -2.30. The number of hydrogen-bond acceptors (Lipinski definition) is 4. The molecule has 2 amide bonds. The Morgan fingerprint density at radius 2 is 1.73 bits per heavy atom. The maximum absolute atomic E-state index is 13.5. The van der Waals surface area contributed by atoms with Gasteiger partial charge in [0.2, 0.25) is 21.8 Å². The van der Waals surface area contributed by atoms with Gasteiger partial charge >= 0.3 is 0 Å². The molecular formula is C28H38BrN3O4S. The quantitative estimate of drug-likeness (QED) is 0.394. The van der Waals surface area contributed by atoms with Gasteiger partial charge in [-0.3, -0.25) is 13.9 Å². The van der Waals surface area contributed by atoms with Crippen molar-refractivity contribution in [2.24, 2.45) is 0 Å². The number of sulfonamides is 1. The van der Waals surface area contributed by atoms with Crippen LogP contribution < -0.4 is 9.62 Å². The van der Waals surface area contributed by atoms with E-state index in [9.17, 15) is 18.0 Å². The standard InChI is InChI=1S/C28H38BrN3O4S/c1-20-15-21(2)17-26(16-20)32(37(4,35)36)14-8-13-27(33)31(19-23-9-7-10-24(29)18-23)22(3)28(34)30-25-11-5-6-12-25/h7,9-10,15-18,22,25H,5-6,8,11-14,19H2,1-4H3,(H,30,34). The summed E-state index contributed by atoms with van der Waals surface area (Å²) < 4.78 is 27.4. The summed E-state index contributed by atoms with van der Waals surface area (Å²) in [6.07, 6.45) is 5.81. The second kappa shape index (κ2) is 12.9. The Bertz CT molecular complexity index is 1190. The number of rotatable bonds is 11. The topological polar surface area (TPSA) is 86.8 Å². The van der Waals surface area contributed by atoms with Crippen LogP contribution >= 0.6 is 15.9 Å². The first-order chi connectivity index (χ1) is 17.4. The van der Waals surface area contributed by atoms with Crippen molar-refractivity contribution in [3.63, 3.8) is 0 Å². The zero-order valence-corrected chi connectivity index (χ0v) is 24.6. The fourth-order valence-corrected chi connectivity index (χ4v) is 6.30. The van der Waals surface area contributed by atoms with Crippen molar-refractivity contribution in [1.29, 1.82) is 0 Å². The van der Waals surface area contributed by atoms with E-state index < -0.39 is 16.1 Å². The maximum Gasteiger partial charge on any atom is 0.242 e. The van der Waals surface area contributed by atoms with Gasteiger partial charge in [0.15, 0.2) is 0 Å². The second-order valence-corrected chi connectivity index (χ2v) is 12.9. The van der Waals surface area contributed by atoms with E-state index in [4.69, 9.17) is 0 Å². The molecule has 7 nitrogen and oxygen atoms in total. The van der Waals surface area contributed by atoms with Crippen molar-refractivity contribution in [1.82, 2.24) is 10.2 Å². The lowest BCUT2D eigenvalue weighted by atomic mass is 10.1. The number of benzene rings is 2. The van der Waals surface area contributed by atoms with Gasteiger partial charge in [-0.25, -0.2) is 8.42 Å². The predicted octanol–water partition coefficient (Wildman–Crippen LogP) is 5.09. The summed E-state index contributed by atoms with van der Waals surface area (Å²) in [5.74, 6) is -0.328. The summed E-state index contributed by atoms with van der Waals surface area (Å²) >= 11 is 3.48. The van der Waals surface area contributed by atoms with Crippen LogP contribution in [0.4, 0.5) is 5.69 Å². The molecule has 0 spiro atoms. The minimum atomic E-state index is -3.53. The van der Waals surface area contributed by atoms with Gasteiger partial charge in [-0.15, -0.1) is 0 Å². The summed E-state index contributed by atoms with van der Waals surface area (Å²) in [7, 11) is -3.53. The Labute approximate surface area is 229 Å². The fourth-order valence-electron chi connectivity index (χ4n) is 4.91. The highest BCUT2D eigenvalue weighted by Gasteiger charge is 2.28. The molecule has 1 aliphatic carbocycles. The number of hydrogen-bond donors (Lipinski definition) is 1. The average molecular weight is 593 g/mol. The minimum absolute atomic E-state index is 0.131. The van der Waals surface area contributed by atoms with E-state index >= 15 is 0 Å². The molecule has 1 unspecified atom stereocenters. The van der Waals surface area contributed by atoms with Crippen LogP contribution in [-0.4, -0.2) is 50.0 Å². The lowest BCUT2D eigenvalue weighted by molar-refractivity contribution is -0.141. The molecule has 0 heterocycles. The van der Waals surface area contributed by atoms with E-state index in [1.165, 1.54) is 10.6 Å². The Morgan fingerprint density at radius 1 is 1.08 bits per heavy atom. The zero-order chi connectivity index (χ0) is 27.2. The van der Waals surface area contributed by atoms with Crippen molar-refractivity contribution in [3.8, 4) is 0 Å². The van der Waals surface area contributed by atoms with Crippen LogP contribution in [0.3, 0.4) is 0 Å². The third kappa shape index (κ3) is 8.57. The van der Waals surface area contributed by atoms with Crippen LogP contribution in [0.2, 0.25) is 0 Å². The predicted molar refractivity (Wildman–Crippen MR) is 152 cm³/mol. The normalized spacial score (nSPS) is 14.8. The molecule has 1 N–H and O–H groups in total. The van der Waals surface area contributed by atoms with Crippen LogP contribution in [0, 0.1) is 13.8 Å². The van der Waals surface area contributed by atoms with Gasteiger partial charge in [-0.05, 0) is 81.0 Å². The highest BCUT2D eigenvalue weighted by atomic mass is 79.9. The number of aryl methyl sites for hydroxylation is 2. The molecule has 2 aromatic carbocycles. The number of nitrogens with one attached hydrogen (secondary N) is 1. The number of nitrogens with zero attached hydrogens (tertiary/aromatic N) is 2. The van der Waals surface area contributed by atoms with E-state index in [-0.39, 0.29) is 30.8 Å². The average Bonchev–Trinajstić information content (AvgIpc) is 3.31. The molecule has 37 heavy (non-hydrogen) atoms. The van der Waals surface area contributed by atoms with Crippen molar-refractivity contribution < 1.29 is 18.0 Å². The molecule has 3 rings (SSSR count). The molecule has 9 heteroatoms. The van der Waals surface area contributed by atoms with Crippen LogP contribution in [0.15, 0.2) is 46.9 Å².